The number of anilines is 2. The highest BCUT2D eigenvalue weighted by molar-refractivity contribution is 6.03. The zero-order chi connectivity index (χ0) is 28.0. The highest BCUT2D eigenvalue weighted by Gasteiger charge is 2.25. The summed E-state index contributed by atoms with van der Waals surface area (Å²) in [4.78, 5) is 37.4. The Kier molecular flexibility index (Phi) is 11.1. The van der Waals surface area contributed by atoms with Crippen molar-refractivity contribution in [3.05, 3.63) is 102 Å². The Morgan fingerprint density at radius 2 is 1.74 bits per heavy atom. The lowest BCUT2D eigenvalue weighted by Gasteiger charge is -2.25. The topological polar surface area (TPSA) is 140 Å². The van der Waals surface area contributed by atoms with Crippen LogP contribution in [0.4, 0.5) is 16.2 Å². The summed E-state index contributed by atoms with van der Waals surface area (Å²) in [5.41, 5.74) is 7.87. The van der Waals surface area contributed by atoms with Crippen molar-refractivity contribution in [2.24, 2.45) is 5.92 Å². The van der Waals surface area contributed by atoms with Crippen molar-refractivity contribution in [2.75, 3.05) is 24.3 Å². The number of aliphatic hydroxyl groups is 1. The lowest BCUT2D eigenvalue weighted by molar-refractivity contribution is -0.111. The van der Waals surface area contributed by atoms with E-state index in [4.69, 9.17) is 20.3 Å². The van der Waals surface area contributed by atoms with E-state index in [9.17, 15) is 14.4 Å². The summed E-state index contributed by atoms with van der Waals surface area (Å²) in [6.45, 7) is 1.90. The highest BCUT2D eigenvalue weighted by Crippen LogP contribution is 2.31. The number of allylic oxidation sites excluding steroid dienone is 1. The number of imide groups is 1. The summed E-state index contributed by atoms with van der Waals surface area (Å²) < 4.78 is 11.2. The van der Waals surface area contributed by atoms with Gasteiger partial charge in [0, 0.05) is 5.56 Å². The first-order chi connectivity index (χ1) is 18.9. The Bertz CT molecular complexity index is 1280. The fourth-order valence-corrected chi connectivity index (χ4v) is 3.84. The Morgan fingerprint density at radius 3 is 2.49 bits per heavy atom. The van der Waals surface area contributed by atoms with Crippen LogP contribution < -0.4 is 21.1 Å². The summed E-state index contributed by atoms with van der Waals surface area (Å²) >= 11 is 0. The van der Waals surface area contributed by atoms with Crippen molar-refractivity contribution in [1.29, 1.82) is 0 Å². The SMILES string of the molecule is C[C@@H](CC/C=C/C(=O)Nc1ccccc1N)[C@@H](OC(=O)NC(=O)c1ccccc1)c1cccc(OCCO)c1. The van der Waals surface area contributed by atoms with Crippen molar-refractivity contribution in [2.45, 2.75) is 25.9 Å². The first kappa shape index (κ1) is 28.9. The first-order valence-electron chi connectivity index (χ1n) is 12.6. The predicted octanol–water partition coefficient (Wildman–Crippen LogP) is 4.86. The molecule has 3 aromatic rings. The van der Waals surface area contributed by atoms with E-state index >= 15 is 0 Å². The van der Waals surface area contributed by atoms with Gasteiger partial charge < -0.3 is 25.6 Å². The van der Waals surface area contributed by atoms with Gasteiger partial charge >= 0.3 is 6.09 Å². The first-order valence-corrected chi connectivity index (χ1v) is 12.6. The molecular weight excluding hydrogens is 498 g/mol. The molecule has 3 aromatic carbocycles. The van der Waals surface area contributed by atoms with E-state index in [1.807, 2.05) is 6.92 Å². The van der Waals surface area contributed by atoms with Gasteiger partial charge in [0.2, 0.25) is 5.91 Å². The van der Waals surface area contributed by atoms with Crippen molar-refractivity contribution in [3.63, 3.8) is 0 Å². The van der Waals surface area contributed by atoms with Gasteiger partial charge in [-0.3, -0.25) is 14.9 Å². The molecule has 0 aliphatic carbocycles. The standard InChI is InChI=1S/C30H33N3O6/c1-21(10-5-8-17-27(35)32-26-16-7-6-15-25(26)31)28(23-13-9-14-24(20-23)38-19-18-34)39-30(37)33-29(36)22-11-3-2-4-12-22/h2-4,6-9,11-17,20-21,28,34H,5,10,18-19,31H2,1H3,(H,32,35)(H,33,36,37)/b17-8+/t21-,28+/m0/s1. The van der Waals surface area contributed by atoms with Gasteiger partial charge in [-0.05, 0) is 66.8 Å². The largest absolute Gasteiger partial charge is 0.491 e. The number of aliphatic hydroxyl groups excluding tert-OH is 1. The van der Waals surface area contributed by atoms with E-state index < -0.39 is 18.1 Å². The van der Waals surface area contributed by atoms with Crippen molar-refractivity contribution in [1.82, 2.24) is 5.32 Å². The number of nitrogens with two attached hydrogens (primary N) is 1. The molecule has 5 N–H and O–H groups in total. The number of nitrogen functional groups attached to an aromatic ring is 1. The number of carbonyl (C=O) groups is 3. The van der Waals surface area contributed by atoms with Crippen LogP contribution in [0.25, 0.3) is 0 Å². The smallest absolute Gasteiger partial charge is 0.414 e. The van der Waals surface area contributed by atoms with Gasteiger partial charge in [0.25, 0.3) is 5.91 Å². The van der Waals surface area contributed by atoms with Crippen LogP contribution in [-0.4, -0.2) is 36.2 Å². The minimum atomic E-state index is -0.877. The Labute approximate surface area is 227 Å². The molecule has 39 heavy (non-hydrogen) atoms. The number of hydrogen-bond donors (Lipinski definition) is 4. The van der Waals surface area contributed by atoms with Crippen molar-refractivity contribution in [3.8, 4) is 5.75 Å². The number of carbonyl (C=O) groups excluding carboxylic acids is 3. The fraction of sp³-hybridized carbons (Fsp3) is 0.233. The zero-order valence-corrected chi connectivity index (χ0v) is 21.7. The lowest BCUT2D eigenvalue weighted by atomic mass is 9.93. The monoisotopic (exact) mass is 531 g/mol. The second kappa shape index (κ2) is 14.9. The maximum Gasteiger partial charge on any atom is 0.414 e. The van der Waals surface area contributed by atoms with Crippen LogP contribution in [0.2, 0.25) is 0 Å². The molecule has 0 unspecified atom stereocenters. The molecule has 0 radical (unpaired) electrons. The van der Waals surface area contributed by atoms with E-state index in [1.54, 1.807) is 84.9 Å². The molecule has 3 amide bonds. The number of amides is 3. The zero-order valence-electron chi connectivity index (χ0n) is 21.7. The minimum absolute atomic E-state index is 0.123. The number of alkyl carbamates (subject to hydrolysis) is 1. The number of rotatable bonds is 12. The summed E-state index contributed by atoms with van der Waals surface area (Å²) in [5.74, 6) is -0.547. The lowest BCUT2D eigenvalue weighted by Crippen LogP contribution is -2.33. The van der Waals surface area contributed by atoms with E-state index in [-0.39, 0.29) is 25.0 Å². The van der Waals surface area contributed by atoms with Crippen molar-refractivity contribution < 1.29 is 29.0 Å². The van der Waals surface area contributed by atoms with Gasteiger partial charge in [-0.2, -0.15) is 0 Å². The van der Waals surface area contributed by atoms with Crippen molar-refractivity contribution >= 4 is 29.3 Å². The van der Waals surface area contributed by atoms with Crippen LogP contribution >= 0.6 is 0 Å². The Morgan fingerprint density at radius 1 is 1.00 bits per heavy atom. The summed E-state index contributed by atoms with van der Waals surface area (Å²) in [6, 6.07) is 22.4. The summed E-state index contributed by atoms with van der Waals surface area (Å²) in [7, 11) is 0. The van der Waals surface area contributed by atoms with Crippen LogP contribution in [0.15, 0.2) is 91.0 Å². The van der Waals surface area contributed by atoms with Gasteiger partial charge in [0.05, 0.1) is 18.0 Å². The second-order valence-electron chi connectivity index (χ2n) is 8.82. The fourth-order valence-electron chi connectivity index (χ4n) is 3.84. The molecule has 204 valence electrons. The van der Waals surface area contributed by atoms with Crippen LogP contribution in [0.5, 0.6) is 5.75 Å². The number of benzene rings is 3. The molecule has 3 rings (SSSR count). The summed E-state index contributed by atoms with van der Waals surface area (Å²) in [6.07, 6.45) is 2.69. The molecular formula is C30H33N3O6. The molecule has 0 heterocycles. The maximum absolute atomic E-state index is 12.7. The predicted molar refractivity (Wildman–Crippen MR) is 149 cm³/mol. The third-order valence-electron chi connectivity index (χ3n) is 5.83. The molecule has 2 atom stereocenters. The van der Waals surface area contributed by atoms with E-state index in [0.717, 1.165) is 0 Å². The molecule has 9 nitrogen and oxygen atoms in total. The van der Waals surface area contributed by atoms with Gasteiger partial charge in [-0.25, -0.2) is 4.79 Å². The number of ether oxygens (including phenoxy) is 2. The number of nitrogens with one attached hydrogen (secondary N) is 2. The number of hydrogen-bond acceptors (Lipinski definition) is 7. The Hall–Kier alpha value is -4.63. The average molecular weight is 532 g/mol. The molecule has 0 bridgehead atoms. The second-order valence-corrected chi connectivity index (χ2v) is 8.82. The molecule has 0 saturated carbocycles. The van der Waals surface area contributed by atoms with E-state index in [0.29, 0.717) is 41.1 Å². The molecule has 0 aromatic heterocycles. The van der Waals surface area contributed by atoms with Crippen LogP contribution in [-0.2, 0) is 9.53 Å². The normalized spacial score (nSPS) is 12.4. The number of para-hydroxylation sites is 2. The van der Waals surface area contributed by atoms with Gasteiger partial charge in [0.1, 0.15) is 18.5 Å². The van der Waals surface area contributed by atoms with Gasteiger partial charge in [0.15, 0.2) is 0 Å². The molecule has 0 saturated heterocycles. The van der Waals surface area contributed by atoms with Gasteiger partial charge in [-0.15, -0.1) is 0 Å². The third-order valence-corrected chi connectivity index (χ3v) is 5.83. The Balaban J connectivity index is 1.66. The molecule has 0 fully saturated rings. The highest BCUT2D eigenvalue weighted by atomic mass is 16.6. The van der Waals surface area contributed by atoms with Crippen LogP contribution in [0, 0.1) is 5.92 Å². The van der Waals surface area contributed by atoms with Gasteiger partial charge in [-0.1, -0.05) is 55.5 Å². The average Bonchev–Trinajstić information content (AvgIpc) is 2.94. The quantitative estimate of drug-likeness (QED) is 0.193. The maximum atomic E-state index is 12.7. The van der Waals surface area contributed by atoms with E-state index in [1.165, 1.54) is 6.08 Å². The molecule has 0 spiro atoms. The molecule has 0 aliphatic rings. The third kappa shape index (κ3) is 9.32. The van der Waals surface area contributed by atoms with Crippen LogP contribution in [0.3, 0.4) is 0 Å². The minimum Gasteiger partial charge on any atom is -0.491 e. The summed E-state index contributed by atoms with van der Waals surface area (Å²) in [5, 5.41) is 14.1. The molecule has 0 aliphatic heterocycles. The van der Waals surface area contributed by atoms with Crippen LogP contribution in [0.1, 0.15) is 41.8 Å². The van der Waals surface area contributed by atoms with E-state index in [2.05, 4.69) is 10.6 Å². The molecule has 9 heteroatoms.